The molecular weight excluding hydrogens is 162 g/mol. The van der Waals surface area contributed by atoms with Crippen molar-refractivity contribution in [2.75, 3.05) is 13.7 Å². The summed E-state index contributed by atoms with van der Waals surface area (Å²) in [6.07, 6.45) is 0.323. The Morgan fingerprint density at radius 1 is 1.67 bits per heavy atom. The molecule has 0 aromatic heterocycles. The Bertz CT molecular complexity index is 204. The molecule has 68 valence electrons. The minimum absolute atomic E-state index is 0.00903. The third-order valence-corrected chi connectivity index (χ3v) is 1.96. The number of carboxylic acid groups (broad SMARTS) is 1. The second kappa shape index (κ2) is 3.42. The summed E-state index contributed by atoms with van der Waals surface area (Å²) in [5.74, 6) is -0.881. The van der Waals surface area contributed by atoms with E-state index in [0.717, 1.165) is 6.42 Å². The molecule has 0 saturated carbocycles. The molecule has 5 nitrogen and oxygen atoms in total. The number of methoxy groups -OCH3 is 1. The van der Waals surface area contributed by atoms with E-state index in [1.165, 1.54) is 12.0 Å². The largest absolute Gasteiger partial charge is 0.481 e. The van der Waals surface area contributed by atoms with E-state index >= 15 is 0 Å². The Kier molecular flexibility index (Phi) is 2.52. The smallest absolute Gasteiger partial charge is 0.409 e. The first-order chi connectivity index (χ1) is 5.65. The third kappa shape index (κ3) is 1.66. The van der Waals surface area contributed by atoms with Crippen LogP contribution in [0, 0.1) is 0 Å². The maximum Gasteiger partial charge on any atom is 0.409 e. The van der Waals surface area contributed by atoms with Gasteiger partial charge in [0.05, 0.1) is 13.5 Å². The summed E-state index contributed by atoms with van der Waals surface area (Å²) in [5, 5.41) is 8.44. The Labute approximate surface area is 69.9 Å². The zero-order valence-electron chi connectivity index (χ0n) is 6.82. The molecule has 0 spiro atoms. The number of rotatable bonds is 2. The van der Waals surface area contributed by atoms with Crippen LogP contribution in [0.4, 0.5) is 4.79 Å². The highest BCUT2D eigenvalue weighted by Crippen LogP contribution is 2.20. The normalized spacial score (nSPS) is 21.4. The molecule has 1 saturated heterocycles. The zero-order chi connectivity index (χ0) is 9.14. The maximum absolute atomic E-state index is 10.9. The Hall–Kier alpha value is -1.26. The van der Waals surface area contributed by atoms with E-state index in [1.807, 2.05) is 0 Å². The van der Waals surface area contributed by atoms with Gasteiger partial charge in [0.2, 0.25) is 0 Å². The number of carboxylic acids is 1. The second-order valence-electron chi connectivity index (χ2n) is 2.70. The van der Waals surface area contributed by atoms with Crippen molar-refractivity contribution in [1.29, 1.82) is 0 Å². The molecule has 1 atom stereocenters. The number of carbonyl (C=O) groups excluding carboxylic acids is 1. The van der Waals surface area contributed by atoms with Crippen LogP contribution in [0.25, 0.3) is 0 Å². The standard InChI is InChI=1S/C7H11NO4/c1-12-7(11)8-3-2-5(8)4-6(9)10/h5H,2-4H2,1H3,(H,9,10). The van der Waals surface area contributed by atoms with Crippen molar-refractivity contribution in [3.8, 4) is 0 Å². The van der Waals surface area contributed by atoms with Gasteiger partial charge in [-0.2, -0.15) is 0 Å². The SMILES string of the molecule is COC(=O)N1CCC1CC(=O)O. The van der Waals surface area contributed by atoms with E-state index < -0.39 is 12.1 Å². The van der Waals surface area contributed by atoms with E-state index in [1.54, 1.807) is 0 Å². The molecule has 1 fully saturated rings. The van der Waals surface area contributed by atoms with Gasteiger partial charge in [0, 0.05) is 12.6 Å². The van der Waals surface area contributed by atoms with Gasteiger partial charge >= 0.3 is 12.1 Å². The van der Waals surface area contributed by atoms with Crippen LogP contribution in [0.5, 0.6) is 0 Å². The van der Waals surface area contributed by atoms with Crippen LogP contribution in [0.1, 0.15) is 12.8 Å². The number of likely N-dealkylation sites (tertiary alicyclic amines) is 1. The Balaban J connectivity index is 2.38. The molecule has 5 heteroatoms. The fourth-order valence-corrected chi connectivity index (χ4v) is 1.21. The quantitative estimate of drug-likeness (QED) is 0.652. The van der Waals surface area contributed by atoms with E-state index in [4.69, 9.17) is 5.11 Å². The van der Waals surface area contributed by atoms with Gasteiger partial charge in [-0.25, -0.2) is 4.79 Å². The van der Waals surface area contributed by atoms with E-state index in [9.17, 15) is 9.59 Å². The van der Waals surface area contributed by atoms with Crippen molar-refractivity contribution in [2.24, 2.45) is 0 Å². The average Bonchev–Trinajstić information content (AvgIpc) is 1.98. The molecule has 12 heavy (non-hydrogen) atoms. The van der Waals surface area contributed by atoms with E-state index in [0.29, 0.717) is 6.54 Å². The highest BCUT2D eigenvalue weighted by atomic mass is 16.5. The van der Waals surface area contributed by atoms with Crippen LogP contribution in [0.2, 0.25) is 0 Å². The van der Waals surface area contributed by atoms with Crippen molar-refractivity contribution < 1.29 is 19.4 Å². The van der Waals surface area contributed by atoms with Gasteiger partial charge < -0.3 is 14.7 Å². The van der Waals surface area contributed by atoms with Crippen LogP contribution < -0.4 is 0 Å². The number of hydrogen-bond donors (Lipinski definition) is 1. The number of ether oxygens (including phenoxy) is 1. The van der Waals surface area contributed by atoms with Crippen molar-refractivity contribution in [1.82, 2.24) is 4.90 Å². The molecule has 1 amide bonds. The molecule has 1 rings (SSSR count). The fraction of sp³-hybridized carbons (Fsp3) is 0.714. The van der Waals surface area contributed by atoms with Crippen molar-refractivity contribution in [2.45, 2.75) is 18.9 Å². The third-order valence-electron chi connectivity index (χ3n) is 1.96. The first-order valence-electron chi connectivity index (χ1n) is 3.71. The lowest BCUT2D eigenvalue weighted by atomic mass is 10.0. The van der Waals surface area contributed by atoms with E-state index in [2.05, 4.69) is 4.74 Å². The number of nitrogens with zero attached hydrogens (tertiary/aromatic N) is 1. The average molecular weight is 173 g/mol. The number of hydrogen-bond acceptors (Lipinski definition) is 3. The van der Waals surface area contributed by atoms with Gasteiger partial charge in [-0.3, -0.25) is 4.79 Å². The summed E-state index contributed by atoms with van der Waals surface area (Å²) in [6.45, 7) is 0.602. The second-order valence-corrected chi connectivity index (χ2v) is 2.70. The summed E-state index contributed by atoms with van der Waals surface area (Å²) >= 11 is 0. The van der Waals surface area contributed by atoms with Crippen molar-refractivity contribution in [3.05, 3.63) is 0 Å². The summed E-state index contributed by atoms with van der Waals surface area (Å²) < 4.78 is 4.46. The first kappa shape index (κ1) is 8.83. The highest BCUT2D eigenvalue weighted by molar-refractivity contribution is 5.72. The molecule has 1 heterocycles. The molecule has 1 unspecified atom stereocenters. The van der Waals surface area contributed by atoms with Gasteiger partial charge in [-0.1, -0.05) is 0 Å². The van der Waals surface area contributed by atoms with Gasteiger partial charge in [0.15, 0.2) is 0 Å². The molecular formula is C7H11NO4. The Morgan fingerprint density at radius 3 is 2.67 bits per heavy atom. The maximum atomic E-state index is 10.9. The van der Waals surface area contributed by atoms with Crippen LogP contribution in [-0.2, 0) is 9.53 Å². The molecule has 1 N–H and O–H groups in total. The zero-order valence-corrected chi connectivity index (χ0v) is 6.82. The van der Waals surface area contributed by atoms with Gasteiger partial charge in [-0.15, -0.1) is 0 Å². The highest BCUT2D eigenvalue weighted by Gasteiger charge is 2.34. The lowest BCUT2D eigenvalue weighted by Crippen LogP contribution is -2.51. The lowest BCUT2D eigenvalue weighted by Gasteiger charge is -2.38. The molecule has 0 bridgehead atoms. The van der Waals surface area contributed by atoms with Crippen molar-refractivity contribution in [3.63, 3.8) is 0 Å². The first-order valence-corrected chi connectivity index (χ1v) is 3.71. The number of carbonyl (C=O) groups is 2. The van der Waals surface area contributed by atoms with E-state index in [-0.39, 0.29) is 12.5 Å². The Morgan fingerprint density at radius 2 is 2.33 bits per heavy atom. The molecule has 0 aromatic carbocycles. The molecule has 0 aromatic rings. The van der Waals surface area contributed by atoms with Crippen molar-refractivity contribution >= 4 is 12.1 Å². The summed E-state index contributed by atoms with van der Waals surface area (Å²) in [6, 6.07) is -0.171. The summed E-state index contributed by atoms with van der Waals surface area (Å²) in [7, 11) is 1.29. The van der Waals surface area contributed by atoms with Crippen LogP contribution in [0.3, 0.4) is 0 Å². The van der Waals surface area contributed by atoms with Gasteiger partial charge in [0.1, 0.15) is 0 Å². The number of aliphatic carboxylic acids is 1. The molecule has 1 aliphatic heterocycles. The predicted molar refractivity (Wildman–Crippen MR) is 39.8 cm³/mol. The monoisotopic (exact) mass is 173 g/mol. The predicted octanol–water partition coefficient (Wildman–Crippen LogP) is 0.302. The summed E-state index contributed by atoms with van der Waals surface area (Å²) in [5.41, 5.74) is 0. The fourth-order valence-electron chi connectivity index (χ4n) is 1.21. The topological polar surface area (TPSA) is 66.8 Å². The van der Waals surface area contributed by atoms with Gasteiger partial charge in [0.25, 0.3) is 0 Å². The molecule has 0 radical (unpaired) electrons. The minimum Gasteiger partial charge on any atom is -0.481 e. The summed E-state index contributed by atoms with van der Waals surface area (Å²) in [4.78, 5) is 22.6. The van der Waals surface area contributed by atoms with Crippen LogP contribution >= 0.6 is 0 Å². The van der Waals surface area contributed by atoms with Crippen LogP contribution in [0.15, 0.2) is 0 Å². The van der Waals surface area contributed by atoms with Gasteiger partial charge in [-0.05, 0) is 6.42 Å². The molecule has 1 aliphatic rings. The molecule has 0 aliphatic carbocycles. The minimum atomic E-state index is -0.881. The number of amides is 1. The lowest BCUT2D eigenvalue weighted by molar-refractivity contribution is -0.139. The van der Waals surface area contributed by atoms with Crippen LogP contribution in [-0.4, -0.2) is 41.8 Å².